The number of likely N-dealkylation sites (tertiary alicyclic amines) is 1. The van der Waals surface area contributed by atoms with E-state index in [1.807, 2.05) is 58.0 Å². The highest BCUT2D eigenvalue weighted by Gasteiger charge is 2.55. The summed E-state index contributed by atoms with van der Waals surface area (Å²) < 4.78 is 12.4. The molecule has 0 radical (unpaired) electrons. The summed E-state index contributed by atoms with van der Waals surface area (Å²) in [5.41, 5.74) is 2.77. The number of likely N-dealkylation sites (N-methyl/N-ethyl adjacent to an activating group) is 1. The van der Waals surface area contributed by atoms with Crippen LogP contribution >= 0.6 is 11.3 Å². The van der Waals surface area contributed by atoms with Crippen molar-refractivity contribution >= 4 is 33.4 Å². The summed E-state index contributed by atoms with van der Waals surface area (Å²) in [6.07, 6.45) is 3.68. The lowest BCUT2D eigenvalue weighted by molar-refractivity contribution is 0.0580. The molecule has 1 atom stereocenters. The molecule has 3 aromatic rings. The molecule has 2 saturated heterocycles. The Morgan fingerprint density at radius 3 is 2.55 bits per heavy atom. The van der Waals surface area contributed by atoms with E-state index in [2.05, 4.69) is 19.1 Å². The molecule has 3 aliphatic heterocycles. The van der Waals surface area contributed by atoms with Gasteiger partial charge in [-0.25, -0.2) is 4.79 Å². The number of methoxy groups -OCH3 is 2. The molecular formula is C30H33N3O4S. The maximum Gasteiger partial charge on any atom is 0.325 e. The number of benzene rings is 2. The summed E-state index contributed by atoms with van der Waals surface area (Å²) in [6, 6.07) is 14.1. The number of rotatable bonds is 4. The van der Waals surface area contributed by atoms with Gasteiger partial charge in [0.05, 0.1) is 31.2 Å². The van der Waals surface area contributed by atoms with E-state index in [0.29, 0.717) is 26.2 Å². The molecule has 2 aromatic carbocycles. The molecule has 38 heavy (non-hydrogen) atoms. The minimum absolute atomic E-state index is 0.0323. The second kappa shape index (κ2) is 9.34. The molecule has 0 bridgehead atoms. The lowest BCUT2D eigenvalue weighted by Gasteiger charge is -2.44. The van der Waals surface area contributed by atoms with Crippen molar-refractivity contribution in [1.82, 2.24) is 14.7 Å². The van der Waals surface area contributed by atoms with Gasteiger partial charge in [0.1, 0.15) is 11.5 Å². The molecule has 6 rings (SSSR count). The predicted molar refractivity (Wildman–Crippen MR) is 149 cm³/mol. The molecule has 0 saturated carbocycles. The second-order valence-corrected chi connectivity index (χ2v) is 11.4. The van der Waals surface area contributed by atoms with E-state index >= 15 is 0 Å². The Hall–Kier alpha value is -3.52. The van der Waals surface area contributed by atoms with Gasteiger partial charge in [0.15, 0.2) is 0 Å². The summed E-state index contributed by atoms with van der Waals surface area (Å²) >= 11 is 1.55. The smallest absolute Gasteiger partial charge is 0.325 e. The quantitative estimate of drug-likeness (QED) is 0.424. The molecule has 198 valence electrons. The first-order chi connectivity index (χ1) is 18.4. The monoisotopic (exact) mass is 531 g/mol. The predicted octanol–water partition coefficient (Wildman–Crippen LogP) is 5.85. The van der Waals surface area contributed by atoms with Gasteiger partial charge in [-0.3, -0.25) is 9.69 Å². The highest BCUT2D eigenvalue weighted by Crippen LogP contribution is 2.49. The second-order valence-electron chi connectivity index (χ2n) is 10.3. The van der Waals surface area contributed by atoms with E-state index in [4.69, 9.17) is 9.47 Å². The van der Waals surface area contributed by atoms with Crippen molar-refractivity contribution < 1.29 is 19.1 Å². The molecule has 0 aliphatic carbocycles. The maximum absolute atomic E-state index is 13.8. The van der Waals surface area contributed by atoms with Crippen LogP contribution in [0.3, 0.4) is 0 Å². The number of urea groups is 1. The van der Waals surface area contributed by atoms with Crippen LogP contribution in [0, 0.1) is 0 Å². The van der Waals surface area contributed by atoms with Crippen molar-refractivity contribution in [2.45, 2.75) is 44.7 Å². The zero-order valence-electron chi connectivity index (χ0n) is 22.3. The van der Waals surface area contributed by atoms with Crippen LogP contribution in [-0.4, -0.2) is 66.0 Å². The van der Waals surface area contributed by atoms with Crippen LogP contribution in [0.5, 0.6) is 11.5 Å². The first-order valence-electron chi connectivity index (χ1n) is 13.2. The molecule has 7 nitrogen and oxygen atoms in total. The van der Waals surface area contributed by atoms with Crippen molar-refractivity contribution in [1.29, 1.82) is 0 Å². The highest BCUT2D eigenvalue weighted by molar-refractivity contribution is 7.20. The Kier molecular flexibility index (Phi) is 6.10. The number of fused-ring (bicyclic) bond motifs is 4. The Bertz CT molecular complexity index is 1420. The fraction of sp³-hybridized carbons (Fsp3) is 0.400. The first-order valence-corrected chi connectivity index (χ1v) is 14.1. The molecule has 8 heteroatoms. The Labute approximate surface area is 227 Å². The van der Waals surface area contributed by atoms with Gasteiger partial charge in [-0.2, -0.15) is 0 Å². The fourth-order valence-corrected chi connectivity index (χ4v) is 7.62. The van der Waals surface area contributed by atoms with E-state index in [-0.39, 0.29) is 17.9 Å². The van der Waals surface area contributed by atoms with Crippen molar-refractivity contribution in [3.63, 3.8) is 0 Å². The number of carbonyl (C=O) groups excluding carboxylic acids is 2. The van der Waals surface area contributed by atoms with Gasteiger partial charge < -0.3 is 19.3 Å². The van der Waals surface area contributed by atoms with E-state index in [1.165, 1.54) is 0 Å². The van der Waals surface area contributed by atoms with Crippen LogP contribution in [0.2, 0.25) is 0 Å². The van der Waals surface area contributed by atoms with E-state index in [1.54, 1.807) is 25.6 Å². The number of hydrogen-bond donors (Lipinski definition) is 0. The summed E-state index contributed by atoms with van der Waals surface area (Å²) in [4.78, 5) is 34.0. The summed E-state index contributed by atoms with van der Waals surface area (Å²) in [6.45, 7) is 6.53. The van der Waals surface area contributed by atoms with Gasteiger partial charge in [0, 0.05) is 47.6 Å². The van der Waals surface area contributed by atoms with Crippen LogP contribution in [0.15, 0.2) is 54.2 Å². The zero-order chi connectivity index (χ0) is 26.6. The largest absolute Gasteiger partial charge is 0.497 e. The standard InChI is InChI=1S/C30H33N3O4S/c1-5-33-29(35)32-18-21-15-22(36-3)17-23(37-4)27(21)19(2)14-26(32)30(33)10-12-31(13-11-30)28(34)25-16-20-8-6-7-9-24(20)38-25/h6-9,14-17,19H,5,10-13,18H2,1-4H3. The third kappa shape index (κ3) is 3.68. The lowest BCUT2D eigenvalue weighted by Crippen LogP contribution is -2.54. The average Bonchev–Trinajstić information content (AvgIpc) is 3.40. The summed E-state index contributed by atoms with van der Waals surface area (Å²) in [5.74, 6) is 1.64. The third-order valence-corrected chi connectivity index (χ3v) is 9.53. The van der Waals surface area contributed by atoms with Gasteiger partial charge in [-0.05, 0) is 48.9 Å². The molecule has 4 heterocycles. The number of ether oxygens (including phenoxy) is 2. The number of nitrogens with zero attached hydrogens (tertiary/aromatic N) is 3. The minimum atomic E-state index is -0.420. The van der Waals surface area contributed by atoms with Gasteiger partial charge in [0.25, 0.3) is 5.91 Å². The number of amides is 3. The molecule has 0 N–H and O–H groups in total. The summed E-state index contributed by atoms with van der Waals surface area (Å²) in [5, 5.41) is 1.10. The molecule has 2 fully saturated rings. The van der Waals surface area contributed by atoms with Crippen LogP contribution in [0.1, 0.15) is 53.4 Å². The van der Waals surface area contributed by atoms with E-state index in [9.17, 15) is 9.59 Å². The maximum atomic E-state index is 13.8. The van der Waals surface area contributed by atoms with Gasteiger partial charge in [-0.1, -0.05) is 31.2 Å². The topological polar surface area (TPSA) is 62.3 Å². The number of piperidine rings is 1. The van der Waals surface area contributed by atoms with E-state index in [0.717, 1.165) is 56.1 Å². The zero-order valence-corrected chi connectivity index (χ0v) is 23.1. The molecule has 3 amide bonds. The summed E-state index contributed by atoms with van der Waals surface area (Å²) in [7, 11) is 3.32. The van der Waals surface area contributed by atoms with Crippen molar-refractivity contribution in [3.8, 4) is 11.5 Å². The van der Waals surface area contributed by atoms with Crippen LogP contribution in [0.4, 0.5) is 4.79 Å². The Morgan fingerprint density at radius 2 is 1.87 bits per heavy atom. The Morgan fingerprint density at radius 1 is 1.11 bits per heavy atom. The average molecular weight is 532 g/mol. The van der Waals surface area contributed by atoms with Crippen LogP contribution in [0.25, 0.3) is 10.1 Å². The number of carbonyl (C=O) groups is 2. The van der Waals surface area contributed by atoms with Gasteiger partial charge >= 0.3 is 6.03 Å². The van der Waals surface area contributed by atoms with Crippen molar-refractivity contribution in [3.05, 3.63) is 70.2 Å². The molecule has 1 unspecified atom stereocenters. The molecule has 3 aliphatic rings. The number of thiophene rings is 1. The van der Waals surface area contributed by atoms with E-state index < -0.39 is 5.54 Å². The molecule has 1 spiro atoms. The number of allylic oxidation sites excluding steroid dienone is 1. The lowest BCUT2D eigenvalue weighted by atomic mass is 9.82. The normalized spacial score (nSPS) is 20.3. The van der Waals surface area contributed by atoms with Crippen LogP contribution in [-0.2, 0) is 6.54 Å². The first kappa shape index (κ1) is 24.8. The molecular weight excluding hydrogens is 498 g/mol. The minimum Gasteiger partial charge on any atom is -0.497 e. The fourth-order valence-electron chi connectivity index (χ4n) is 6.59. The van der Waals surface area contributed by atoms with Gasteiger partial charge in [0.2, 0.25) is 0 Å². The number of hydrogen-bond acceptors (Lipinski definition) is 5. The van der Waals surface area contributed by atoms with Crippen LogP contribution < -0.4 is 9.47 Å². The SMILES string of the molecule is CCN1C(=O)N2Cc3cc(OC)cc(OC)c3C(C)C=C2C12CCN(C(=O)c1cc3ccccc3s1)CC2. The Balaban J connectivity index is 1.32. The van der Waals surface area contributed by atoms with Crippen molar-refractivity contribution in [2.75, 3.05) is 33.9 Å². The van der Waals surface area contributed by atoms with Gasteiger partial charge in [-0.15, -0.1) is 11.3 Å². The highest BCUT2D eigenvalue weighted by atomic mass is 32.1. The van der Waals surface area contributed by atoms with Crippen molar-refractivity contribution in [2.24, 2.45) is 0 Å². The molecule has 1 aromatic heterocycles. The third-order valence-electron chi connectivity index (χ3n) is 8.42.